The van der Waals surface area contributed by atoms with E-state index in [1.807, 2.05) is 0 Å². The molecule has 0 radical (unpaired) electrons. The van der Waals surface area contributed by atoms with Crippen molar-refractivity contribution in [2.24, 2.45) is 0 Å². The minimum atomic E-state index is 0.0459. The molecule has 0 saturated carbocycles. The van der Waals surface area contributed by atoms with E-state index in [1.54, 1.807) is 0 Å². The van der Waals surface area contributed by atoms with Crippen LogP contribution in [0.3, 0.4) is 0 Å². The maximum atomic E-state index is 2.44. The van der Waals surface area contributed by atoms with Gasteiger partial charge in [0, 0.05) is 0 Å². The van der Waals surface area contributed by atoms with Crippen molar-refractivity contribution in [3.8, 4) is 122 Å². The smallest absolute Gasteiger partial charge is 0.000718 e. The lowest BCUT2D eigenvalue weighted by Gasteiger charge is -2.29. The molecule has 0 heterocycles. The van der Waals surface area contributed by atoms with Gasteiger partial charge < -0.3 is 0 Å². The predicted molar refractivity (Wildman–Crippen MR) is 422 cm³/mol. The van der Waals surface area contributed by atoms with Gasteiger partial charge in [0.2, 0.25) is 0 Å². The lowest BCUT2D eigenvalue weighted by Crippen LogP contribution is -2.10. The Morgan fingerprint density at radius 3 is 0.541 bits per heavy atom. The standard InChI is InChI=1S/C98H74/c1-97(2,3)77-56-52-64(53-57-77)75-60-74(61-76(62-75)65-54-58-78(59-55-65)98(4,5)6)63-48-50-73(51-49-63)86-85(68-34-18-9-19-35-68)89(71-40-24-12-25-41-71)95-81-46-28-44-79-91(81)92-80(45-29-47-82(92)96(95)90(86)72-42-26-13-27-43-72)94-88(70-38-22-11-23-39-70)84(67-32-16-8-17-33-67)83(66-30-14-7-15-31-66)87(93(79)94)69-36-20-10-21-37-69/h7-62H,1-6H3. The third kappa shape index (κ3) is 10.3. The number of benzene rings is 17. The topological polar surface area (TPSA) is 0 Å². The molecule has 0 unspecified atom stereocenters. The summed E-state index contributed by atoms with van der Waals surface area (Å²) in [7, 11) is 0. The van der Waals surface area contributed by atoms with E-state index in [4.69, 9.17) is 0 Å². The highest BCUT2D eigenvalue weighted by molar-refractivity contribution is 6.46. The van der Waals surface area contributed by atoms with Crippen molar-refractivity contribution in [1.82, 2.24) is 0 Å². The van der Waals surface area contributed by atoms with Gasteiger partial charge in [-0.15, -0.1) is 0 Å². The molecule has 0 aliphatic rings. The quantitative estimate of drug-likeness (QED) is 0.0894. The first-order valence-electron chi connectivity index (χ1n) is 34.6. The van der Waals surface area contributed by atoms with Gasteiger partial charge in [0.25, 0.3) is 0 Å². The van der Waals surface area contributed by atoms with Crippen LogP contribution in [0.5, 0.6) is 0 Å². The van der Waals surface area contributed by atoms with Gasteiger partial charge in [-0.25, -0.2) is 0 Å². The second-order valence-electron chi connectivity index (χ2n) is 28.5. The Hall–Kier alpha value is -11.7. The van der Waals surface area contributed by atoms with Crippen LogP contribution in [0, 0.1) is 0 Å². The van der Waals surface area contributed by atoms with Crippen LogP contribution in [0.4, 0.5) is 0 Å². The molecule has 0 nitrogen and oxygen atoms in total. The van der Waals surface area contributed by atoms with Gasteiger partial charge in [-0.2, -0.15) is 0 Å². The summed E-state index contributed by atoms with van der Waals surface area (Å²) in [6, 6.07) is 128. The summed E-state index contributed by atoms with van der Waals surface area (Å²) in [5.74, 6) is 0. The van der Waals surface area contributed by atoms with E-state index in [-0.39, 0.29) is 10.8 Å². The molecule has 17 rings (SSSR count). The molecular formula is C98H74. The van der Waals surface area contributed by atoms with E-state index in [0.29, 0.717) is 0 Å². The first-order valence-corrected chi connectivity index (χ1v) is 34.6. The van der Waals surface area contributed by atoms with Crippen molar-refractivity contribution in [2.45, 2.75) is 52.4 Å². The normalized spacial score (nSPS) is 12.0. The molecule has 0 heteroatoms. The minimum absolute atomic E-state index is 0.0459. The fourth-order valence-corrected chi connectivity index (χ4v) is 15.9. The van der Waals surface area contributed by atoms with E-state index < -0.39 is 0 Å². The van der Waals surface area contributed by atoms with E-state index >= 15 is 0 Å². The number of hydrogen-bond donors (Lipinski definition) is 0. The van der Waals surface area contributed by atoms with Crippen LogP contribution >= 0.6 is 0 Å². The predicted octanol–water partition coefficient (Wildman–Crippen LogP) is 27.8. The van der Waals surface area contributed by atoms with Gasteiger partial charge in [-0.05, 0) is 216 Å². The molecular weight excluding hydrogens is 1180 g/mol. The Morgan fingerprint density at radius 2 is 0.327 bits per heavy atom. The average molecular weight is 1250 g/mol. The van der Waals surface area contributed by atoms with Crippen molar-refractivity contribution in [2.75, 3.05) is 0 Å². The second-order valence-corrected chi connectivity index (χ2v) is 28.5. The van der Waals surface area contributed by atoms with Crippen molar-refractivity contribution in [1.29, 1.82) is 0 Å². The lowest BCUT2D eigenvalue weighted by atomic mass is 9.73. The van der Waals surface area contributed by atoms with Crippen LogP contribution in [0.1, 0.15) is 52.7 Å². The summed E-state index contributed by atoms with van der Waals surface area (Å²) in [5, 5.41) is 12.4. The third-order valence-electron chi connectivity index (χ3n) is 20.5. The SMILES string of the molecule is CC(C)(C)c1ccc(-c2cc(-c3ccc(-c4c(-c5ccccc5)c(-c5ccccc5)c5c6cccc7c8c(-c9ccccc9)c(-c9ccccc9)c(-c9ccccc9)c(-c9ccccc9)c8c8cccc(c5c4-c4ccccc4)c8c76)cc3)cc(-c3ccc(C(C)(C)C)cc3)c2)cc1. The molecule has 98 heavy (non-hydrogen) atoms. The van der Waals surface area contributed by atoms with Crippen LogP contribution in [0.15, 0.2) is 340 Å². The summed E-state index contributed by atoms with van der Waals surface area (Å²) in [6.07, 6.45) is 0. The van der Waals surface area contributed by atoms with Crippen LogP contribution in [0.25, 0.3) is 176 Å². The van der Waals surface area contributed by atoms with Crippen LogP contribution < -0.4 is 0 Å². The van der Waals surface area contributed by atoms with Gasteiger partial charge >= 0.3 is 0 Å². The molecule has 0 atom stereocenters. The fraction of sp³-hybridized carbons (Fsp3) is 0.0816. The van der Waals surface area contributed by atoms with Crippen LogP contribution in [0.2, 0.25) is 0 Å². The Balaban J connectivity index is 1.03. The highest BCUT2D eigenvalue weighted by Gasteiger charge is 2.32. The van der Waals surface area contributed by atoms with Gasteiger partial charge in [-0.1, -0.05) is 363 Å². The van der Waals surface area contributed by atoms with Gasteiger partial charge in [-0.3, -0.25) is 0 Å². The molecule has 0 N–H and O–H groups in total. The molecule has 17 aromatic carbocycles. The molecule has 17 aromatic rings. The first kappa shape index (κ1) is 60.0. The van der Waals surface area contributed by atoms with Crippen molar-refractivity contribution < 1.29 is 0 Å². The minimum Gasteiger partial charge on any atom is -0.0622 e. The first-order chi connectivity index (χ1) is 47.9. The molecule has 466 valence electrons. The summed E-state index contributed by atoms with van der Waals surface area (Å²) < 4.78 is 0. The fourth-order valence-electron chi connectivity index (χ4n) is 15.9. The van der Waals surface area contributed by atoms with Crippen molar-refractivity contribution in [3.63, 3.8) is 0 Å². The number of hydrogen-bond acceptors (Lipinski definition) is 0. The third-order valence-corrected chi connectivity index (χ3v) is 20.5. The molecule has 0 amide bonds. The molecule has 0 aliphatic heterocycles. The number of fused-ring (bicyclic) bond motifs is 6. The monoisotopic (exact) mass is 1250 g/mol. The summed E-state index contributed by atoms with van der Waals surface area (Å²) in [5.41, 5.74) is 28.9. The molecule has 0 aliphatic carbocycles. The molecule has 0 fully saturated rings. The van der Waals surface area contributed by atoms with Gasteiger partial charge in [0.1, 0.15) is 0 Å². The maximum absolute atomic E-state index is 2.44. The lowest BCUT2D eigenvalue weighted by molar-refractivity contribution is 0.590. The highest BCUT2D eigenvalue weighted by atomic mass is 14.3. The maximum Gasteiger partial charge on any atom is -0.000718 e. The zero-order valence-electron chi connectivity index (χ0n) is 56.3. The zero-order valence-corrected chi connectivity index (χ0v) is 56.3. The Morgan fingerprint density at radius 1 is 0.143 bits per heavy atom. The molecule has 0 aromatic heterocycles. The Kier molecular flexibility index (Phi) is 14.8. The summed E-state index contributed by atoms with van der Waals surface area (Å²) in [6.45, 7) is 13.7. The largest absolute Gasteiger partial charge is 0.0622 e. The van der Waals surface area contributed by atoms with E-state index in [9.17, 15) is 0 Å². The molecule has 0 bridgehead atoms. The zero-order chi connectivity index (χ0) is 66.2. The van der Waals surface area contributed by atoms with E-state index in [2.05, 4.69) is 381 Å². The summed E-state index contributed by atoms with van der Waals surface area (Å²) in [4.78, 5) is 0. The van der Waals surface area contributed by atoms with Crippen molar-refractivity contribution >= 4 is 53.9 Å². The average Bonchev–Trinajstić information content (AvgIpc) is 0.675. The van der Waals surface area contributed by atoms with Crippen LogP contribution in [-0.2, 0) is 10.8 Å². The van der Waals surface area contributed by atoms with E-state index in [0.717, 1.165) is 22.3 Å². The van der Waals surface area contributed by atoms with E-state index in [1.165, 1.54) is 165 Å². The Bertz CT molecular complexity index is 5730. The molecule has 0 spiro atoms. The van der Waals surface area contributed by atoms with Gasteiger partial charge in [0.15, 0.2) is 0 Å². The summed E-state index contributed by atoms with van der Waals surface area (Å²) >= 11 is 0. The second kappa shape index (κ2) is 24.2. The van der Waals surface area contributed by atoms with Crippen molar-refractivity contribution in [3.05, 3.63) is 351 Å². The molecule has 0 saturated heterocycles. The highest BCUT2D eigenvalue weighted by Crippen LogP contribution is 2.60. The van der Waals surface area contributed by atoms with Crippen LogP contribution in [-0.4, -0.2) is 0 Å². The number of rotatable bonds is 11. The van der Waals surface area contributed by atoms with Gasteiger partial charge in [0.05, 0.1) is 0 Å². The Labute approximate surface area is 575 Å².